The summed E-state index contributed by atoms with van der Waals surface area (Å²) in [4.78, 5) is 2.51. The second-order valence-electron chi connectivity index (χ2n) is 5.92. The number of aromatic nitrogens is 2. The SMILES string of the molecule is CC1CCN(Cc2cnn(C(C)C)c2)CC1CN. The van der Waals surface area contributed by atoms with Crippen molar-refractivity contribution >= 4 is 0 Å². The first-order valence-corrected chi connectivity index (χ1v) is 7.05. The normalized spacial score (nSPS) is 25.8. The van der Waals surface area contributed by atoms with E-state index < -0.39 is 0 Å². The van der Waals surface area contributed by atoms with Gasteiger partial charge in [-0.15, -0.1) is 0 Å². The van der Waals surface area contributed by atoms with Crippen molar-refractivity contribution < 1.29 is 0 Å². The zero-order valence-corrected chi connectivity index (χ0v) is 11.8. The summed E-state index contributed by atoms with van der Waals surface area (Å²) in [5, 5.41) is 4.40. The van der Waals surface area contributed by atoms with Crippen LogP contribution in [0, 0.1) is 11.8 Å². The van der Waals surface area contributed by atoms with Gasteiger partial charge < -0.3 is 5.73 Å². The Labute approximate surface area is 110 Å². The van der Waals surface area contributed by atoms with Crippen molar-refractivity contribution in [2.45, 2.75) is 39.8 Å². The molecule has 2 unspecified atom stereocenters. The van der Waals surface area contributed by atoms with Crippen LogP contribution in [0.1, 0.15) is 38.8 Å². The van der Waals surface area contributed by atoms with Crippen molar-refractivity contribution in [2.75, 3.05) is 19.6 Å². The Balaban J connectivity index is 1.92. The summed E-state index contributed by atoms with van der Waals surface area (Å²) >= 11 is 0. The first-order valence-electron chi connectivity index (χ1n) is 7.05. The summed E-state index contributed by atoms with van der Waals surface area (Å²) in [6.07, 6.45) is 5.43. The molecule has 4 nitrogen and oxygen atoms in total. The van der Waals surface area contributed by atoms with Crippen LogP contribution < -0.4 is 5.73 Å². The van der Waals surface area contributed by atoms with Crippen LogP contribution in [0.3, 0.4) is 0 Å². The minimum Gasteiger partial charge on any atom is -0.330 e. The van der Waals surface area contributed by atoms with Gasteiger partial charge in [-0.2, -0.15) is 5.10 Å². The fraction of sp³-hybridized carbons (Fsp3) is 0.786. The molecule has 0 aromatic carbocycles. The van der Waals surface area contributed by atoms with Crippen LogP contribution in [0.15, 0.2) is 12.4 Å². The van der Waals surface area contributed by atoms with Crippen molar-refractivity contribution in [1.82, 2.24) is 14.7 Å². The zero-order valence-electron chi connectivity index (χ0n) is 11.8. The largest absolute Gasteiger partial charge is 0.330 e. The fourth-order valence-electron chi connectivity index (χ4n) is 2.67. The molecule has 0 bridgehead atoms. The third-order valence-electron chi connectivity index (χ3n) is 4.09. The van der Waals surface area contributed by atoms with Crippen LogP contribution >= 0.6 is 0 Å². The van der Waals surface area contributed by atoms with E-state index in [0.29, 0.717) is 12.0 Å². The van der Waals surface area contributed by atoms with Crippen LogP contribution in [0.25, 0.3) is 0 Å². The lowest BCUT2D eigenvalue weighted by molar-refractivity contribution is 0.126. The van der Waals surface area contributed by atoms with Gasteiger partial charge in [-0.3, -0.25) is 9.58 Å². The topological polar surface area (TPSA) is 47.1 Å². The molecule has 2 atom stereocenters. The second-order valence-corrected chi connectivity index (χ2v) is 5.92. The Morgan fingerprint density at radius 3 is 2.89 bits per heavy atom. The van der Waals surface area contributed by atoms with Gasteiger partial charge in [0.2, 0.25) is 0 Å². The van der Waals surface area contributed by atoms with Crippen molar-refractivity contribution in [3.05, 3.63) is 18.0 Å². The minimum atomic E-state index is 0.442. The first kappa shape index (κ1) is 13.6. The van der Waals surface area contributed by atoms with E-state index in [1.807, 2.05) is 10.9 Å². The molecular weight excluding hydrogens is 224 g/mol. The number of hydrogen-bond donors (Lipinski definition) is 1. The van der Waals surface area contributed by atoms with Crippen molar-refractivity contribution in [2.24, 2.45) is 17.6 Å². The molecule has 18 heavy (non-hydrogen) atoms. The molecule has 2 rings (SSSR count). The Morgan fingerprint density at radius 1 is 1.50 bits per heavy atom. The molecule has 2 N–H and O–H groups in total. The monoisotopic (exact) mass is 250 g/mol. The van der Waals surface area contributed by atoms with E-state index in [9.17, 15) is 0 Å². The van der Waals surface area contributed by atoms with E-state index in [0.717, 1.165) is 25.6 Å². The molecule has 1 aliphatic heterocycles. The number of nitrogens with two attached hydrogens (primary N) is 1. The molecular formula is C14H26N4. The van der Waals surface area contributed by atoms with Gasteiger partial charge in [0, 0.05) is 30.9 Å². The molecule has 0 amide bonds. The summed E-state index contributed by atoms with van der Waals surface area (Å²) < 4.78 is 2.03. The predicted octanol–water partition coefficient (Wildman–Crippen LogP) is 1.88. The molecule has 0 aliphatic carbocycles. The third-order valence-corrected chi connectivity index (χ3v) is 4.09. The maximum atomic E-state index is 5.85. The minimum absolute atomic E-state index is 0.442. The third kappa shape index (κ3) is 3.12. The molecule has 0 saturated carbocycles. The maximum Gasteiger partial charge on any atom is 0.0534 e. The lowest BCUT2D eigenvalue weighted by Crippen LogP contribution is -2.42. The predicted molar refractivity (Wildman–Crippen MR) is 74.2 cm³/mol. The van der Waals surface area contributed by atoms with Gasteiger partial charge in [0.25, 0.3) is 0 Å². The Bertz CT molecular complexity index is 372. The van der Waals surface area contributed by atoms with Crippen LogP contribution in [0.2, 0.25) is 0 Å². The standard InChI is InChI=1S/C14H26N4/c1-11(2)18-9-13(7-16-18)8-17-5-4-12(3)14(6-15)10-17/h7,9,11-12,14H,4-6,8,10,15H2,1-3H3. The highest BCUT2D eigenvalue weighted by molar-refractivity contribution is 5.04. The van der Waals surface area contributed by atoms with E-state index in [1.54, 1.807) is 0 Å². The molecule has 102 valence electrons. The molecule has 0 radical (unpaired) electrons. The van der Waals surface area contributed by atoms with Gasteiger partial charge in [0.15, 0.2) is 0 Å². The first-order chi connectivity index (χ1) is 8.60. The van der Waals surface area contributed by atoms with E-state index in [2.05, 4.69) is 37.0 Å². The Hall–Kier alpha value is -0.870. The zero-order chi connectivity index (χ0) is 13.1. The molecule has 1 aromatic heterocycles. The van der Waals surface area contributed by atoms with Crippen molar-refractivity contribution in [3.8, 4) is 0 Å². The summed E-state index contributed by atoms with van der Waals surface area (Å²) in [6, 6.07) is 0.442. The van der Waals surface area contributed by atoms with Gasteiger partial charge in [-0.25, -0.2) is 0 Å². The number of nitrogens with zero attached hydrogens (tertiary/aromatic N) is 3. The lowest BCUT2D eigenvalue weighted by Gasteiger charge is -2.36. The van der Waals surface area contributed by atoms with Gasteiger partial charge in [0.05, 0.1) is 6.20 Å². The van der Waals surface area contributed by atoms with Crippen LogP contribution in [0.4, 0.5) is 0 Å². The van der Waals surface area contributed by atoms with Crippen LogP contribution in [0.5, 0.6) is 0 Å². The average molecular weight is 250 g/mol. The van der Waals surface area contributed by atoms with Crippen molar-refractivity contribution in [1.29, 1.82) is 0 Å². The molecule has 1 aliphatic rings. The number of likely N-dealkylation sites (tertiary alicyclic amines) is 1. The maximum absolute atomic E-state index is 5.85. The van der Waals surface area contributed by atoms with E-state index >= 15 is 0 Å². The van der Waals surface area contributed by atoms with Gasteiger partial charge >= 0.3 is 0 Å². The Kier molecular flexibility index (Phi) is 4.40. The van der Waals surface area contributed by atoms with Crippen LogP contribution in [-0.4, -0.2) is 34.3 Å². The number of piperidine rings is 1. The van der Waals surface area contributed by atoms with E-state index in [-0.39, 0.29) is 0 Å². The number of hydrogen-bond acceptors (Lipinski definition) is 3. The van der Waals surface area contributed by atoms with Crippen LogP contribution in [-0.2, 0) is 6.54 Å². The highest BCUT2D eigenvalue weighted by Crippen LogP contribution is 2.23. The highest BCUT2D eigenvalue weighted by atomic mass is 15.3. The molecule has 4 heteroatoms. The fourth-order valence-corrected chi connectivity index (χ4v) is 2.67. The molecule has 1 saturated heterocycles. The van der Waals surface area contributed by atoms with E-state index in [4.69, 9.17) is 5.73 Å². The van der Waals surface area contributed by atoms with Crippen molar-refractivity contribution in [3.63, 3.8) is 0 Å². The van der Waals surface area contributed by atoms with Gasteiger partial charge in [-0.1, -0.05) is 6.92 Å². The smallest absolute Gasteiger partial charge is 0.0534 e. The summed E-state index contributed by atoms with van der Waals surface area (Å²) in [6.45, 7) is 10.8. The second kappa shape index (κ2) is 5.85. The Morgan fingerprint density at radius 2 is 2.28 bits per heavy atom. The van der Waals surface area contributed by atoms with Gasteiger partial charge in [-0.05, 0) is 45.2 Å². The molecule has 1 fully saturated rings. The molecule has 1 aromatic rings. The summed E-state index contributed by atoms with van der Waals surface area (Å²) in [5.41, 5.74) is 7.16. The summed E-state index contributed by atoms with van der Waals surface area (Å²) in [7, 11) is 0. The average Bonchev–Trinajstić information content (AvgIpc) is 2.80. The lowest BCUT2D eigenvalue weighted by atomic mass is 9.87. The quantitative estimate of drug-likeness (QED) is 0.887. The van der Waals surface area contributed by atoms with Gasteiger partial charge in [0.1, 0.15) is 0 Å². The van der Waals surface area contributed by atoms with E-state index in [1.165, 1.54) is 18.5 Å². The highest BCUT2D eigenvalue weighted by Gasteiger charge is 2.25. The molecule has 2 heterocycles. The number of rotatable bonds is 4. The summed E-state index contributed by atoms with van der Waals surface area (Å²) in [5.74, 6) is 1.42. The molecule has 0 spiro atoms.